The molecule has 2 fully saturated rings. The number of methoxy groups -OCH3 is 2. The van der Waals surface area contributed by atoms with E-state index >= 15 is 0 Å². The summed E-state index contributed by atoms with van der Waals surface area (Å²) in [7, 11) is 3.29. The van der Waals surface area contributed by atoms with Gasteiger partial charge in [-0.05, 0) is 47.1 Å². The van der Waals surface area contributed by atoms with Crippen LogP contribution >= 0.6 is 0 Å². The monoisotopic (exact) mass is 685 g/mol. The summed E-state index contributed by atoms with van der Waals surface area (Å²) in [6.07, 6.45) is -1.21. The van der Waals surface area contributed by atoms with Gasteiger partial charge in [0, 0.05) is 0 Å². The fraction of sp³-hybridized carbons (Fsp3) is 0.296. The van der Waals surface area contributed by atoms with Crippen LogP contribution in [0.1, 0.15) is 16.7 Å². The molecule has 0 spiro atoms. The van der Waals surface area contributed by atoms with E-state index in [9.17, 15) is 5.11 Å². The molecule has 0 aromatic heterocycles. The minimum absolute atomic E-state index is 0. The van der Waals surface area contributed by atoms with Crippen molar-refractivity contribution < 1.29 is 59.9 Å². The molecule has 0 aliphatic carbocycles. The third-order valence-electron chi connectivity index (χ3n) is 6.51. The number of hydrogen-bond donors (Lipinski definition) is 1. The molecule has 0 radical (unpaired) electrons. The van der Waals surface area contributed by atoms with Gasteiger partial charge < -0.3 is 28.8 Å². The van der Waals surface area contributed by atoms with Crippen LogP contribution in [0.2, 0.25) is 0 Å². The summed E-state index contributed by atoms with van der Waals surface area (Å²) in [6.45, 7) is 1.96. The van der Waals surface area contributed by atoms with Crippen LogP contribution in [0.3, 0.4) is 0 Å². The van der Waals surface area contributed by atoms with Gasteiger partial charge in [-0.3, -0.25) is 0 Å². The van der Waals surface area contributed by atoms with Crippen LogP contribution in [-0.4, -0.2) is 50.3 Å². The molecule has 3 aromatic rings. The molecule has 1 N–H and O–H groups in total. The Hall–Kier alpha value is -1.85. The van der Waals surface area contributed by atoms with E-state index in [1.54, 1.807) is 20.8 Å². The van der Waals surface area contributed by atoms with Gasteiger partial charge in [0.2, 0.25) is 0 Å². The van der Waals surface area contributed by atoms with Crippen LogP contribution < -0.4 is 9.47 Å². The van der Waals surface area contributed by atoms with Gasteiger partial charge in [0.05, 0.1) is 33.5 Å². The van der Waals surface area contributed by atoms with Crippen molar-refractivity contribution in [3.63, 3.8) is 0 Å². The predicted octanol–water partition coefficient (Wildman–Crippen LogP) is 3.70. The summed E-state index contributed by atoms with van der Waals surface area (Å²) >= 11 is 0. The largest absolute Gasteiger partial charge is 2.00 e. The molecule has 0 amide bonds. The standard InChI is InChI=1S/C27H27O6.U/c1-29-22-12-8-20(9-13-22)27(19-6-4-3-5-7-19,21-10-14-23(30-2)15-11-21)33-18-26-17-31-24(16-32-26)25(26)28;/h3-16,24-25,28H,17-18H2,1-2H3;/q-1;+2. The topological polar surface area (TPSA) is 66.4 Å². The summed E-state index contributed by atoms with van der Waals surface area (Å²) < 4.78 is 29.1. The van der Waals surface area contributed by atoms with Crippen molar-refractivity contribution in [3.05, 3.63) is 102 Å². The van der Waals surface area contributed by atoms with Crippen molar-refractivity contribution in [3.8, 4) is 11.5 Å². The first-order valence-electron chi connectivity index (χ1n) is 10.9. The normalized spacial score (nSPS) is 23.4. The number of aliphatic hydroxyl groups excluding tert-OH is 1. The van der Waals surface area contributed by atoms with Gasteiger partial charge in [-0.1, -0.05) is 54.6 Å². The van der Waals surface area contributed by atoms with Crippen molar-refractivity contribution >= 4 is 0 Å². The van der Waals surface area contributed by atoms with Gasteiger partial charge in [-0.2, -0.15) is 6.61 Å². The molecule has 5 rings (SSSR count). The van der Waals surface area contributed by atoms with Crippen LogP contribution in [0.5, 0.6) is 11.5 Å². The number of aliphatic hydroxyl groups is 1. The Morgan fingerprint density at radius 3 is 1.82 bits per heavy atom. The minimum atomic E-state index is -0.974. The van der Waals surface area contributed by atoms with Crippen LogP contribution in [0.15, 0.2) is 78.9 Å². The van der Waals surface area contributed by atoms with Gasteiger partial charge in [-0.15, -0.1) is 0 Å². The Bertz CT molecular complexity index is 1020. The van der Waals surface area contributed by atoms with Crippen LogP contribution in [0.25, 0.3) is 0 Å². The molecule has 7 heteroatoms. The Kier molecular flexibility index (Phi) is 7.73. The molecule has 3 unspecified atom stereocenters. The quantitative estimate of drug-likeness (QED) is 0.289. The Labute approximate surface area is 223 Å². The molecule has 2 aliphatic heterocycles. The van der Waals surface area contributed by atoms with E-state index < -0.39 is 23.4 Å². The number of fused-ring (bicyclic) bond motifs is 2. The SMILES string of the molecule is COc1ccc(C(OCC23COC([CH-]O2)C3O)(c2ccccc2)c2ccc(OC)cc2)cc1.[U+2]. The smallest absolute Gasteiger partial charge is 0.540 e. The molecule has 174 valence electrons. The van der Waals surface area contributed by atoms with Crippen molar-refractivity contribution in [1.82, 2.24) is 0 Å². The summed E-state index contributed by atoms with van der Waals surface area (Å²) in [5.41, 5.74) is 0.872. The van der Waals surface area contributed by atoms with E-state index in [1.165, 1.54) is 0 Å². The third kappa shape index (κ3) is 4.30. The summed E-state index contributed by atoms with van der Waals surface area (Å²) in [4.78, 5) is 0. The van der Waals surface area contributed by atoms with Crippen LogP contribution in [0, 0.1) is 37.7 Å². The summed E-state index contributed by atoms with van der Waals surface area (Å²) in [6, 6.07) is 25.7. The van der Waals surface area contributed by atoms with E-state index in [4.69, 9.17) is 23.7 Å². The third-order valence-corrected chi connectivity index (χ3v) is 6.51. The number of hydrogen-bond acceptors (Lipinski definition) is 6. The molecule has 0 saturated carbocycles. The van der Waals surface area contributed by atoms with Gasteiger partial charge in [0.15, 0.2) is 0 Å². The first kappa shape index (κ1) is 25.3. The second-order valence-corrected chi connectivity index (χ2v) is 8.33. The summed E-state index contributed by atoms with van der Waals surface area (Å²) in [5.74, 6) is 1.51. The average molecular weight is 686 g/mol. The molecule has 2 aliphatic rings. The van der Waals surface area contributed by atoms with Crippen LogP contribution in [-0.2, 0) is 19.8 Å². The fourth-order valence-electron chi connectivity index (χ4n) is 4.60. The van der Waals surface area contributed by atoms with Gasteiger partial charge >= 0.3 is 31.1 Å². The van der Waals surface area contributed by atoms with E-state index in [0.29, 0.717) is 0 Å². The van der Waals surface area contributed by atoms with E-state index in [1.807, 2.05) is 78.9 Å². The number of ether oxygens (including phenoxy) is 5. The molecule has 2 heterocycles. The number of benzene rings is 3. The van der Waals surface area contributed by atoms with Crippen molar-refractivity contribution in [1.29, 1.82) is 0 Å². The van der Waals surface area contributed by atoms with E-state index in [0.717, 1.165) is 28.2 Å². The first-order chi connectivity index (χ1) is 16.1. The van der Waals surface area contributed by atoms with Crippen molar-refractivity contribution in [2.24, 2.45) is 0 Å². The second kappa shape index (κ2) is 10.4. The molecule has 3 aromatic carbocycles. The predicted molar refractivity (Wildman–Crippen MR) is 122 cm³/mol. The second-order valence-electron chi connectivity index (χ2n) is 8.33. The zero-order chi connectivity index (χ0) is 22.9. The Morgan fingerprint density at radius 2 is 1.41 bits per heavy atom. The molecule has 6 nitrogen and oxygen atoms in total. The average Bonchev–Trinajstić information content (AvgIpc) is 3.37. The van der Waals surface area contributed by atoms with E-state index in [2.05, 4.69) is 0 Å². The van der Waals surface area contributed by atoms with Crippen molar-refractivity contribution in [2.75, 3.05) is 27.4 Å². The van der Waals surface area contributed by atoms with Gasteiger partial charge in [0.1, 0.15) is 22.7 Å². The zero-order valence-electron chi connectivity index (χ0n) is 19.1. The molecule has 34 heavy (non-hydrogen) atoms. The van der Waals surface area contributed by atoms with E-state index in [-0.39, 0.29) is 44.3 Å². The number of rotatable bonds is 8. The maximum absolute atomic E-state index is 10.7. The Morgan fingerprint density at radius 1 is 0.882 bits per heavy atom. The Balaban J connectivity index is 0.00000274. The van der Waals surface area contributed by atoms with Gasteiger partial charge in [-0.25, -0.2) is 0 Å². The maximum atomic E-state index is 10.7. The molecule has 2 bridgehead atoms. The molecular formula is C27H27O6U+. The zero-order valence-corrected chi connectivity index (χ0v) is 23.3. The fourth-order valence-corrected chi connectivity index (χ4v) is 4.60. The maximum Gasteiger partial charge on any atom is 2.00 e. The summed E-state index contributed by atoms with van der Waals surface area (Å²) in [5, 5.41) is 10.7. The van der Waals surface area contributed by atoms with Crippen LogP contribution in [0.4, 0.5) is 0 Å². The van der Waals surface area contributed by atoms with Gasteiger partial charge in [0.25, 0.3) is 0 Å². The minimum Gasteiger partial charge on any atom is -0.540 e. The molecular weight excluding hydrogens is 658 g/mol. The molecule has 3 atom stereocenters. The molecule has 2 saturated heterocycles. The first-order valence-corrected chi connectivity index (χ1v) is 10.9. The van der Waals surface area contributed by atoms with Crippen molar-refractivity contribution in [2.45, 2.75) is 23.4 Å².